The molecule has 1 aromatic rings. The summed E-state index contributed by atoms with van der Waals surface area (Å²) in [5.41, 5.74) is -1.05. The number of alkyl halides is 3. The van der Waals surface area contributed by atoms with Gasteiger partial charge in [0.25, 0.3) is 0 Å². The number of carbonyl (C=O) groups is 1. The number of rotatable bonds is 2. The van der Waals surface area contributed by atoms with Crippen LogP contribution >= 0.6 is 11.6 Å². The molecule has 2 rings (SSSR count). The van der Waals surface area contributed by atoms with E-state index in [0.29, 0.717) is 12.1 Å². The summed E-state index contributed by atoms with van der Waals surface area (Å²) in [4.78, 5) is 11.1. The van der Waals surface area contributed by atoms with Gasteiger partial charge in [0, 0.05) is 13.1 Å². The lowest BCUT2D eigenvalue weighted by Gasteiger charge is -2.36. The molecule has 1 amide bonds. The maximum absolute atomic E-state index is 12.5. The van der Waals surface area contributed by atoms with Crippen molar-refractivity contribution in [3.63, 3.8) is 0 Å². The molecule has 1 saturated heterocycles. The molecule has 0 radical (unpaired) electrons. The van der Waals surface area contributed by atoms with Crippen molar-refractivity contribution in [2.45, 2.75) is 16.3 Å². The monoisotopic (exact) mass is 343 g/mol. The molecule has 0 atom stereocenters. The van der Waals surface area contributed by atoms with Crippen LogP contribution in [0.3, 0.4) is 0 Å². The minimum atomic E-state index is -4.62. The van der Waals surface area contributed by atoms with Gasteiger partial charge in [-0.05, 0) is 18.2 Å². The quantitative estimate of drug-likeness (QED) is 0.895. The second-order valence-electron chi connectivity index (χ2n) is 4.50. The Kier molecular flexibility index (Phi) is 3.83. The van der Waals surface area contributed by atoms with Gasteiger partial charge in [-0.25, -0.2) is 13.2 Å². The predicted molar refractivity (Wildman–Crippen MR) is 67.0 cm³/mol. The summed E-state index contributed by atoms with van der Waals surface area (Å²) in [5, 5.41) is 7.12. The van der Waals surface area contributed by atoms with Gasteiger partial charge in [0.05, 0.1) is 15.5 Å². The Morgan fingerprint density at radius 1 is 1.33 bits per heavy atom. The fourth-order valence-electron chi connectivity index (χ4n) is 1.88. The van der Waals surface area contributed by atoms with Crippen molar-refractivity contribution in [2.75, 3.05) is 13.1 Å². The van der Waals surface area contributed by atoms with Gasteiger partial charge in [-0.2, -0.15) is 13.2 Å². The number of benzene rings is 1. The highest BCUT2D eigenvalue weighted by molar-refractivity contribution is 7.92. The number of likely N-dealkylation sites (tertiary alicyclic amines) is 1. The molecule has 116 valence electrons. The van der Waals surface area contributed by atoms with Crippen molar-refractivity contribution in [3.05, 3.63) is 28.8 Å². The summed E-state index contributed by atoms with van der Waals surface area (Å²) in [5.74, 6) is 0. The summed E-state index contributed by atoms with van der Waals surface area (Å²) >= 11 is 5.63. The summed E-state index contributed by atoms with van der Waals surface area (Å²) in [6.07, 6.45) is -5.87. The minimum absolute atomic E-state index is 0.227. The predicted octanol–water partition coefficient (Wildman–Crippen LogP) is 2.49. The van der Waals surface area contributed by atoms with Crippen molar-refractivity contribution in [1.82, 2.24) is 4.90 Å². The molecule has 1 aromatic carbocycles. The zero-order chi connectivity index (χ0) is 16.0. The number of nitrogens with zero attached hydrogens (tertiary/aromatic N) is 1. The van der Waals surface area contributed by atoms with Crippen LogP contribution in [0.5, 0.6) is 0 Å². The van der Waals surface area contributed by atoms with E-state index in [1.165, 1.54) is 0 Å². The van der Waals surface area contributed by atoms with Crippen molar-refractivity contribution in [2.24, 2.45) is 0 Å². The van der Waals surface area contributed by atoms with Crippen LogP contribution < -0.4 is 0 Å². The Morgan fingerprint density at radius 3 is 2.33 bits per heavy atom. The normalized spacial score (nSPS) is 16.7. The third-order valence-corrected chi connectivity index (χ3v) is 5.69. The van der Waals surface area contributed by atoms with Gasteiger partial charge < -0.3 is 10.0 Å². The van der Waals surface area contributed by atoms with E-state index in [4.69, 9.17) is 16.7 Å². The van der Waals surface area contributed by atoms with Crippen molar-refractivity contribution in [3.8, 4) is 0 Å². The first-order valence-electron chi connectivity index (χ1n) is 5.62. The molecule has 0 unspecified atom stereocenters. The summed E-state index contributed by atoms with van der Waals surface area (Å²) < 4.78 is 61.8. The Hall–Kier alpha value is -1.48. The van der Waals surface area contributed by atoms with Crippen LogP contribution in [0.4, 0.5) is 18.0 Å². The molecule has 0 aromatic heterocycles. The van der Waals surface area contributed by atoms with E-state index >= 15 is 0 Å². The zero-order valence-electron chi connectivity index (χ0n) is 10.3. The lowest BCUT2D eigenvalue weighted by atomic mass is 10.2. The Morgan fingerprint density at radius 2 is 1.90 bits per heavy atom. The largest absolute Gasteiger partial charge is 0.465 e. The van der Waals surface area contributed by atoms with Gasteiger partial charge >= 0.3 is 12.3 Å². The molecule has 0 spiro atoms. The number of carboxylic acid groups (broad SMARTS) is 1. The van der Waals surface area contributed by atoms with Gasteiger partial charge in [-0.1, -0.05) is 11.6 Å². The smallest absolute Gasteiger partial charge is 0.416 e. The highest BCUT2D eigenvalue weighted by Crippen LogP contribution is 2.35. The molecule has 10 heteroatoms. The van der Waals surface area contributed by atoms with Crippen molar-refractivity contribution in [1.29, 1.82) is 0 Å². The molecule has 0 bridgehead atoms. The zero-order valence-corrected chi connectivity index (χ0v) is 11.8. The lowest BCUT2D eigenvalue weighted by Crippen LogP contribution is -2.56. The molecule has 1 N–H and O–H groups in total. The lowest BCUT2D eigenvalue weighted by molar-refractivity contribution is -0.137. The minimum Gasteiger partial charge on any atom is -0.465 e. The summed E-state index contributed by atoms with van der Waals surface area (Å²) in [7, 11) is -3.97. The van der Waals surface area contributed by atoms with Gasteiger partial charge in [0.2, 0.25) is 0 Å². The molecule has 1 aliphatic rings. The number of amides is 1. The first-order valence-corrected chi connectivity index (χ1v) is 7.54. The molecule has 1 fully saturated rings. The Balaban J connectivity index is 2.28. The van der Waals surface area contributed by atoms with E-state index in [0.717, 1.165) is 11.0 Å². The van der Waals surface area contributed by atoms with Crippen molar-refractivity contribution >= 4 is 27.5 Å². The summed E-state index contributed by atoms with van der Waals surface area (Å²) in [6, 6.07) is 1.97. The molecule has 21 heavy (non-hydrogen) atoms. The van der Waals surface area contributed by atoms with Gasteiger partial charge in [-0.3, -0.25) is 0 Å². The van der Waals surface area contributed by atoms with Gasteiger partial charge in [0.15, 0.2) is 9.84 Å². The SMILES string of the molecule is O=C(O)N1CC(S(=O)(=O)c2ccc(C(F)(F)F)cc2Cl)C1. The number of hydrogen-bond donors (Lipinski definition) is 1. The highest BCUT2D eigenvalue weighted by atomic mass is 35.5. The number of sulfone groups is 1. The first kappa shape index (κ1) is 15.9. The van der Waals surface area contributed by atoms with Gasteiger partial charge in [0.1, 0.15) is 5.25 Å². The second kappa shape index (κ2) is 5.06. The van der Waals surface area contributed by atoms with Crippen LogP contribution in [0.15, 0.2) is 23.1 Å². The Labute approximate surface area is 122 Å². The average Bonchev–Trinajstić information content (AvgIpc) is 2.23. The maximum atomic E-state index is 12.5. The molecule has 0 saturated carbocycles. The topological polar surface area (TPSA) is 74.7 Å². The van der Waals surface area contributed by atoms with E-state index in [1.807, 2.05) is 0 Å². The van der Waals surface area contributed by atoms with Crippen LogP contribution in [0.1, 0.15) is 5.56 Å². The third kappa shape index (κ3) is 2.93. The standard InChI is InChI=1S/C11H9ClF3NO4S/c12-8-3-6(11(13,14)15)1-2-9(8)21(19,20)7-4-16(5-7)10(17)18/h1-3,7H,4-5H2,(H,17,18). The van der Waals surface area contributed by atoms with E-state index in [2.05, 4.69) is 0 Å². The first-order chi connectivity index (χ1) is 9.53. The maximum Gasteiger partial charge on any atom is 0.416 e. The van der Waals surface area contributed by atoms with Crippen LogP contribution in [0.2, 0.25) is 5.02 Å². The van der Waals surface area contributed by atoms with Gasteiger partial charge in [-0.15, -0.1) is 0 Å². The van der Waals surface area contributed by atoms with E-state index in [1.54, 1.807) is 0 Å². The third-order valence-electron chi connectivity index (χ3n) is 3.12. The van der Waals surface area contributed by atoms with Crippen molar-refractivity contribution < 1.29 is 31.5 Å². The van der Waals surface area contributed by atoms with Crippen LogP contribution in [0, 0.1) is 0 Å². The van der Waals surface area contributed by atoms with Crippen LogP contribution in [0.25, 0.3) is 0 Å². The molecule has 1 aliphatic heterocycles. The Bertz CT molecular complexity index is 683. The number of halogens is 4. The molecular formula is C11H9ClF3NO4S. The van der Waals surface area contributed by atoms with E-state index in [9.17, 15) is 26.4 Å². The molecule has 1 heterocycles. The molecule has 0 aliphatic carbocycles. The number of hydrogen-bond acceptors (Lipinski definition) is 3. The average molecular weight is 344 g/mol. The summed E-state index contributed by atoms with van der Waals surface area (Å²) in [6.45, 7) is -0.454. The van der Waals surface area contributed by atoms with E-state index in [-0.39, 0.29) is 13.1 Å². The van der Waals surface area contributed by atoms with Crippen LogP contribution in [-0.4, -0.2) is 42.9 Å². The molecule has 5 nitrogen and oxygen atoms in total. The fourth-order valence-corrected chi connectivity index (χ4v) is 4.08. The fraction of sp³-hybridized carbons (Fsp3) is 0.364. The highest BCUT2D eigenvalue weighted by Gasteiger charge is 2.42. The second-order valence-corrected chi connectivity index (χ2v) is 7.10. The molecular weight excluding hydrogens is 335 g/mol. The van der Waals surface area contributed by atoms with E-state index < -0.39 is 42.8 Å². The van der Waals surface area contributed by atoms with Crippen LogP contribution in [-0.2, 0) is 16.0 Å².